The first-order chi connectivity index (χ1) is 16.0. The fraction of sp³-hybridized carbons (Fsp3) is 0.125. The molecule has 9 heteroatoms. The van der Waals surface area contributed by atoms with Gasteiger partial charge in [0.1, 0.15) is 0 Å². The van der Waals surface area contributed by atoms with Gasteiger partial charge < -0.3 is 10.2 Å². The SMILES string of the molecule is O=C(Nc1ccc2nc(SCC(=O)N3CCc4ccccc43)sc2c1)c1ccc(Cl)cc1Cl. The van der Waals surface area contributed by atoms with Crippen LogP contribution < -0.4 is 10.2 Å². The highest BCUT2D eigenvalue weighted by Crippen LogP contribution is 2.33. The molecule has 33 heavy (non-hydrogen) atoms. The fourth-order valence-electron chi connectivity index (χ4n) is 3.71. The van der Waals surface area contributed by atoms with Crippen molar-refractivity contribution in [2.45, 2.75) is 10.8 Å². The Hall–Kier alpha value is -2.58. The molecule has 3 aromatic carbocycles. The maximum Gasteiger partial charge on any atom is 0.257 e. The van der Waals surface area contributed by atoms with Crippen LogP contribution in [0.2, 0.25) is 10.0 Å². The first-order valence-electron chi connectivity index (χ1n) is 10.2. The highest BCUT2D eigenvalue weighted by molar-refractivity contribution is 8.01. The Labute approximate surface area is 208 Å². The van der Waals surface area contributed by atoms with Crippen molar-refractivity contribution in [2.24, 2.45) is 0 Å². The number of hydrogen-bond donors (Lipinski definition) is 1. The Balaban J connectivity index is 1.26. The third-order valence-electron chi connectivity index (χ3n) is 5.31. The minimum atomic E-state index is -0.313. The van der Waals surface area contributed by atoms with Crippen LogP contribution in [-0.4, -0.2) is 29.1 Å². The largest absolute Gasteiger partial charge is 0.322 e. The van der Waals surface area contributed by atoms with Crippen molar-refractivity contribution in [3.63, 3.8) is 0 Å². The number of carbonyl (C=O) groups is 2. The standard InChI is InChI=1S/C24H17Cl2N3O2S2/c25-15-5-7-17(18(26)11-15)23(31)27-16-6-8-19-21(12-16)33-24(28-19)32-13-22(30)29-10-9-14-3-1-2-4-20(14)29/h1-8,11-12H,9-10,13H2,(H,27,31). The van der Waals surface area contributed by atoms with E-state index in [1.54, 1.807) is 18.2 Å². The van der Waals surface area contributed by atoms with Crippen molar-refractivity contribution in [1.82, 2.24) is 4.98 Å². The molecular formula is C24H17Cl2N3O2S2. The average Bonchev–Trinajstić information content (AvgIpc) is 3.41. The molecule has 2 heterocycles. The fourth-order valence-corrected chi connectivity index (χ4v) is 6.19. The maximum absolute atomic E-state index is 12.8. The lowest BCUT2D eigenvalue weighted by molar-refractivity contribution is -0.116. The minimum Gasteiger partial charge on any atom is -0.322 e. The van der Waals surface area contributed by atoms with E-state index in [0.717, 1.165) is 33.2 Å². The summed E-state index contributed by atoms with van der Waals surface area (Å²) in [4.78, 5) is 31.8. The van der Waals surface area contributed by atoms with Crippen LogP contribution >= 0.6 is 46.3 Å². The number of thioether (sulfide) groups is 1. The van der Waals surface area contributed by atoms with Crippen LogP contribution in [0.25, 0.3) is 10.2 Å². The lowest BCUT2D eigenvalue weighted by atomic mass is 10.2. The molecule has 166 valence electrons. The van der Waals surface area contributed by atoms with Gasteiger partial charge >= 0.3 is 0 Å². The van der Waals surface area contributed by atoms with Crippen LogP contribution in [0.5, 0.6) is 0 Å². The molecule has 0 saturated heterocycles. The molecule has 0 unspecified atom stereocenters. The van der Waals surface area contributed by atoms with Crippen LogP contribution in [0.15, 0.2) is 65.0 Å². The van der Waals surface area contributed by atoms with Gasteiger partial charge in [-0.25, -0.2) is 4.98 Å². The molecule has 5 rings (SSSR count). The van der Waals surface area contributed by atoms with Gasteiger partial charge in [-0.1, -0.05) is 53.2 Å². The van der Waals surface area contributed by atoms with Gasteiger partial charge in [0.25, 0.3) is 5.91 Å². The minimum absolute atomic E-state index is 0.0806. The quantitative estimate of drug-likeness (QED) is 0.308. The smallest absolute Gasteiger partial charge is 0.257 e. The Morgan fingerprint density at radius 1 is 1.09 bits per heavy atom. The van der Waals surface area contributed by atoms with Gasteiger partial charge in [0.05, 0.1) is 26.6 Å². The molecule has 0 fully saturated rings. The van der Waals surface area contributed by atoms with E-state index in [2.05, 4.69) is 16.4 Å². The molecule has 0 saturated carbocycles. The summed E-state index contributed by atoms with van der Waals surface area (Å²) in [5.41, 5.74) is 4.04. The Bertz CT molecular complexity index is 1390. The van der Waals surface area contributed by atoms with Gasteiger partial charge in [-0.3, -0.25) is 9.59 Å². The highest BCUT2D eigenvalue weighted by atomic mass is 35.5. The molecule has 0 spiro atoms. The van der Waals surface area contributed by atoms with Crippen molar-refractivity contribution >= 4 is 79.7 Å². The summed E-state index contributed by atoms with van der Waals surface area (Å²) in [7, 11) is 0. The van der Waals surface area contributed by atoms with E-state index < -0.39 is 0 Å². The Morgan fingerprint density at radius 3 is 2.79 bits per heavy atom. The third kappa shape index (κ3) is 4.73. The van der Waals surface area contributed by atoms with Crippen LogP contribution in [0.1, 0.15) is 15.9 Å². The number of anilines is 2. The van der Waals surface area contributed by atoms with Crippen molar-refractivity contribution in [3.8, 4) is 0 Å². The molecule has 1 N–H and O–H groups in total. The first-order valence-corrected chi connectivity index (χ1v) is 12.7. The molecule has 1 aliphatic heterocycles. The summed E-state index contributed by atoms with van der Waals surface area (Å²) in [6.07, 6.45) is 0.892. The van der Waals surface area contributed by atoms with Crippen molar-refractivity contribution in [3.05, 3.63) is 81.8 Å². The molecule has 4 aromatic rings. The number of thiazole rings is 1. The number of para-hydroxylation sites is 1. The second kappa shape index (κ2) is 9.35. The van der Waals surface area contributed by atoms with Gasteiger partial charge in [-0.2, -0.15) is 0 Å². The number of halogens is 2. The predicted octanol–water partition coefficient (Wildman–Crippen LogP) is 6.54. The van der Waals surface area contributed by atoms with Crippen LogP contribution in [0.3, 0.4) is 0 Å². The molecule has 1 aliphatic rings. The van der Waals surface area contributed by atoms with Crippen LogP contribution in [0, 0.1) is 0 Å². The monoisotopic (exact) mass is 513 g/mol. The highest BCUT2D eigenvalue weighted by Gasteiger charge is 2.24. The summed E-state index contributed by atoms with van der Waals surface area (Å²) in [6.45, 7) is 0.722. The van der Waals surface area contributed by atoms with Gasteiger partial charge in [0.2, 0.25) is 5.91 Å². The van der Waals surface area contributed by atoms with E-state index in [0.29, 0.717) is 27.0 Å². The number of aromatic nitrogens is 1. The number of fused-ring (bicyclic) bond motifs is 2. The predicted molar refractivity (Wildman–Crippen MR) is 137 cm³/mol. The Kier molecular flexibility index (Phi) is 6.29. The number of benzene rings is 3. The van der Waals surface area contributed by atoms with Crippen molar-refractivity contribution in [2.75, 3.05) is 22.5 Å². The summed E-state index contributed by atoms with van der Waals surface area (Å²) < 4.78 is 1.74. The second-order valence-corrected chi connectivity index (χ2v) is 10.6. The molecule has 1 aromatic heterocycles. The Morgan fingerprint density at radius 2 is 1.94 bits per heavy atom. The van der Waals surface area contributed by atoms with Crippen LogP contribution in [-0.2, 0) is 11.2 Å². The molecule has 0 aliphatic carbocycles. The van der Waals surface area contributed by atoms with Gasteiger partial charge in [0, 0.05) is 22.9 Å². The number of amides is 2. The zero-order chi connectivity index (χ0) is 22.9. The number of nitrogens with one attached hydrogen (secondary N) is 1. The summed E-state index contributed by atoms with van der Waals surface area (Å²) in [5.74, 6) is 0.0934. The molecule has 0 radical (unpaired) electrons. The van der Waals surface area contributed by atoms with E-state index >= 15 is 0 Å². The molecule has 0 bridgehead atoms. The van der Waals surface area contributed by atoms with Crippen molar-refractivity contribution in [1.29, 1.82) is 0 Å². The average molecular weight is 514 g/mol. The number of hydrogen-bond acceptors (Lipinski definition) is 5. The number of nitrogens with zero attached hydrogens (tertiary/aromatic N) is 2. The zero-order valence-electron chi connectivity index (χ0n) is 17.2. The summed E-state index contributed by atoms with van der Waals surface area (Å²) >= 11 is 15.0. The van der Waals surface area contributed by atoms with E-state index in [-0.39, 0.29) is 11.8 Å². The van der Waals surface area contributed by atoms with Crippen molar-refractivity contribution < 1.29 is 9.59 Å². The molecular weight excluding hydrogens is 497 g/mol. The molecule has 0 atom stereocenters. The summed E-state index contributed by atoms with van der Waals surface area (Å²) in [5, 5.41) is 3.63. The van der Waals surface area contributed by atoms with E-state index in [9.17, 15) is 9.59 Å². The topological polar surface area (TPSA) is 62.3 Å². The van der Waals surface area contributed by atoms with Gasteiger partial charge in [-0.15, -0.1) is 11.3 Å². The van der Waals surface area contributed by atoms with Gasteiger partial charge in [-0.05, 0) is 54.4 Å². The van der Waals surface area contributed by atoms with E-state index in [1.165, 1.54) is 34.7 Å². The van der Waals surface area contributed by atoms with Crippen LogP contribution in [0.4, 0.5) is 11.4 Å². The molecule has 5 nitrogen and oxygen atoms in total. The lowest BCUT2D eigenvalue weighted by Crippen LogP contribution is -2.30. The van der Waals surface area contributed by atoms with Gasteiger partial charge in [0.15, 0.2) is 4.34 Å². The van der Waals surface area contributed by atoms with E-state index in [4.69, 9.17) is 23.2 Å². The first kappa shape index (κ1) is 22.2. The number of carbonyl (C=O) groups excluding carboxylic acids is 2. The molecule has 2 amide bonds. The zero-order valence-corrected chi connectivity index (χ0v) is 20.3. The lowest BCUT2D eigenvalue weighted by Gasteiger charge is -2.16. The van der Waals surface area contributed by atoms with E-state index in [1.807, 2.05) is 35.2 Å². The maximum atomic E-state index is 12.8. The second-order valence-electron chi connectivity index (χ2n) is 7.45. The third-order valence-corrected chi connectivity index (χ3v) is 8.00. The number of rotatable bonds is 5. The summed E-state index contributed by atoms with van der Waals surface area (Å²) in [6, 6.07) is 18.3. The normalized spacial score (nSPS) is 12.7.